The van der Waals surface area contributed by atoms with Crippen molar-refractivity contribution in [3.8, 4) is 0 Å². The Labute approximate surface area is 215 Å². The van der Waals surface area contributed by atoms with Gasteiger partial charge in [0.05, 0.1) is 25.8 Å². The molecule has 0 spiro atoms. The fourth-order valence-corrected chi connectivity index (χ4v) is 5.93. The molecule has 1 aromatic carbocycles. The van der Waals surface area contributed by atoms with Gasteiger partial charge in [-0.05, 0) is 49.3 Å². The molecule has 2 saturated heterocycles. The minimum absolute atomic E-state index is 0.105. The van der Waals surface area contributed by atoms with Crippen molar-refractivity contribution >= 4 is 17.6 Å². The average Bonchev–Trinajstić information content (AvgIpc) is 2.92. The summed E-state index contributed by atoms with van der Waals surface area (Å²) in [6.45, 7) is 8.75. The number of morpholine rings is 1. The number of ether oxygens (including phenoxy) is 1. The number of likely N-dealkylation sites (tertiary alicyclic amines) is 1. The number of nitrogens with one attached hydrogen (secondary N) is 1. The van der Waals surface area contributed by atoms with Crippen molar-refractivity contribution in [2.24, 2.45) is 11.8 Å². The number of ketones is 1. The molecule has 7 heteroatoms. The Bertz CT molecular complexity index is 906. The van der Waals surface area contributed by atoms with Gasteiger partial charge in [-0.1, -0.05) is 45.2 Å². The highest BCUT2D eigenvalue weighted by molar-refractivity contribution is 5.98. The van der Waals surface area contributed by atoms with Crippen LogP contribution < -0.4 is 5.32 Å². The molecule has 36 heavy (non-hydrogen) atoms. The van der Waals surface area contributed by atoms with Crippen LogP contribution in [0.5, 0.6) is 0 Å². The summed E-state index contributed by atoms with van der Waals surface area (Å²) in [4.78, 5) is 43.4. The monoisotopic (exact) mass is 497 g/mol. The molecule has 3 aliphatic rings. The first-order valence-corrected chi connectivity index (χ1v) is 13.9. The van der Waals surface area contributed by atoms with Gasteiger partial charge in [0.1, 0.15) is 0 Å². The Kier molecular flexibility index (Phi) is 9.54. The third-order valence-corrected chi connectivity index (χ3v) is 8.14. The molecule has 7 nitrogen and oxygen atoms in total. The van der Waals surface area contributed by atoms with E-state index in [9.17, 15) is 14.4 Å². The standard InChI is InChI=1S/C29H43N3O4/c1-21(2)28(34)27(22-8-4-3-5-9-22)30-29(35)24-11-6-10-23(18-24)25-12-7-13-32(19-25)26(33)20-31-14-16-36-17-15-31/h6,10-11,18,21-22,25,27H,3-5,7-9,12-17,19-20H2,1-2H3,(H,30,35)/t25?,27-/m1/s1. The second-order valence-electron chi connectivity index (χ2n) is 11.1. The van der Waals surface area contributed by atoms with Crippen molar-refractivity contribution in [3.63, 3.8) is 0 Å². The molecule has 2 amide bonds. The Balaban J connectivity index is 1.40. The van der Waals surface area contributed by atoms with E-state index in [-0.39, 0.29) is 35.4 Å². The Morgan fingerprint density at radius 3 is 2.47 bits per heavy atom. The molecule has 4 rings (SSSR count). The van der Waals surface area contributed by atoms with E-state index in [2.05, 4.69) is 16.3 Å². The van der Waals surface area contributed by atoms with Crippen molar-refractivity contribution in [1.82, 2.24) is 15.1 Å². The number of carbonyl (C=O) groups excluding carboxylic acids is 3. The Hall–Kier alpha value is -2.25. The van der Waals surface area contributed by atoms with Crippen LogP contribution in [0.15, 0.2) is 24.3 Å². The first-order chi connectivity index (χ1) is 17.4. The number of hydrogen-bond donors (Lipinski definition) is 1. The molecular formula is C29H43N3O4. The lowest BCUT2D eigenvalue weighted by atomic mass is 9.80. The summed E-state index contributed by atoms with van der Waals surface area (Å²) >= 11 is 0. The van der Waals surface area contributed by atoms with E-state index in [4.69, 9.17) is 4.74 Å². The molecule has 2 aliphatic heterocycles. The van der Waals surface area contributed by atoms with Gasteiger partial charge in [-0.15, -0.1) is 0 Å². The van der Waals surface area contributed by atoms with Crippen LogP contribution in [0.25, 0.3) is 0 Å². The summed E-state index contributed by atoms with van der Waals surface area (Å²) in [7, 11) is 0. The molecule has 1 aliphatic carbocycles. The average molecular weight is 498 g/mol. The Morgan fingerprint density at radius 1 is 1.00 bits per heavy atom. The SMILES string of the molecule is CC(C)C(=O)[C@H](NC(=O)c1cccc(C2CCCN(C(=O)CN3CCOCC3)C2)c1)C1CCCCC1. The summed E-state index contributed by atoms with van der Waals surface area (Å²) in [5.41, 5.74) is 1.69. The molecule has 3 fully saturated rings. The molecule has 2 atom stereocenters. The zero-order valence-electron chi connectivity index (χ0n) is 22.0. The molecule has 1 unspecified atom stereocenters. The van der Waals surface area contributed by atoms with Gasteiger partial charge in [0, 0.05) is 43.6 Å². The van der Waals surface area contributed by atoms with Crippen LogP contribution in [-0.4, -0.2) is 79.4 Å². The zero-order chi connectivity index (χ0) is 25.5. The smallest absolute Gasteiger partial charge is 0.251 e. The maximum atomic E-state index is 13.3. The third kappa shape index (κ3) is 6.94. The summed E-state index contributed by atoms with van der Waals surface area (Å²) in [6.07, 6.45) is 7.42. The van der Waals surface area contributed by atoms with Crippen LogP contribution in [0.4, 0.5) is 0 Å². The Morgan fingerprint density at radius 2 is 1.75 bits per heavy atom. The molecule has 0 aromatic heterocycles. The first-order valence-electron chi connectivity index (χ1n) is 13.9. The number of rotatable bonds is 8. The summed E-state index contributed by atoms with van der Waals surface area (Å²) < 4.78 is 5.40. The largest absolute Gasteiger partial charge is 0.379 e. The third-order valence-electron chi connectivity index (χ3n) is 8.14. The fourth-order valence-electron chi connectivity index (χ4n) is 5.93. The van der Waals surface area contributed by atoms with Crippen LogP contribution >= 0.6 is 0 Å². The van der Waals surface area contributed by atoms with Gasteiger partial charge >= 0.3 is 0 Å². The summed E-state index contributed by atoms with van der Waals surface area (Å²) in [5.74, 6) is 0.479. The minimum atomic E-state index is -0.413. The number of hydrogen-bond acceptors (Lipinski definition) is 5. The van der Waals surface area contributed by atoms with Crippen molar-refractivity contribution in [2.75, 3.05) is 45.9 Å². The normalized spacial score (nSPS) is 22.9. The maximum Gasteiger partial charge on any atom is 0.251 e. The number of Topliss-reactive ketones (excluding diaryl/α,β-unsaturated/α-hetero) is 1. The van der Waals surface area contributed by atoms with Crippen LogP contribution in [0, 0.1) is 11.8 Å². The van der Waals surface area contributed by atoms with Gasteiger partial charge in [-0.2, -0.15) is 0 Å². The molecular weight excluding hydrogens is 454 g/mol. The highest BCUT2D eigenvalue weighted by Crippen LogP contribution is 2.30. The van der Waals surface area contributed by atoms with Crippen LogP contribution in [0.3, 0.4) is 0 Å². The molecule has 198 valence electrons. The minimum Gasteiger partial charge on any atom is -0.379 e. The van der Waals surface area contributed by atoms with E-state index in [0.29, 0.717) is 31.9 Å². The lowest BCUT2D eigenvalue weighted by molar-refractivity contribution is -0.134. The van der Waals surface area contributed by atoms with Crippen LogP contribution in [-0.2, 0) is 14.3 Å². The van der Waals surface area contributed by atoms with E-state index in [1.54, 1.807) is 0 Å². The van der Waals surface area contributed by atoms with Gasteiger partial charge < -0.3 is 15.0 Å². The van der Waals surface area contributed by atoms with Gasteiger partial charge in [0.15, 0.2) is 5.78 Å². The van der Waals surface area contributed by atoms with Gasteiger partial charge in [0.25, 0.3) is 5.91 Å². The van der Waals surface area contributed by atoms with Gasteiger partial charge in [-0.3, -0.25) is 19.3 Å². The van der Waals surface area contributed by atoms with E-state index >= 15 is 0 Å². The molecule has 1 saturated carbocycles. The van der Waals surface area contributed by atoms with E-state index in [0.717, 1.165) is 63.7 Å². The highest BCUT2D eigenvalue weighted by atomic mass is 16.5. The number of amides is 2. The molecule has 0 bridgehead atoms. The van der Waals surface area contributed by atoms with Crippen molar-refractivity contribution in [3.05, 3.63) is 35.4 Å². The lowest BCUT2D eigenvalue weighted by Crippen LogP contribution is -2.48. The summed E-state index contributed by atoms with van der Waals surface area (Å²) in [6, 6.07) is 7.38. The van der Waals surface area contributed by atoms with Gasteiger partial charge in [-0.25, -0.2) is 0 Å². The number of piperidine rings is 1. The lowest BCUT2D eigenvalue weighted by Gasteiger charge is -2.35. The maximum absolute atomic E-state index is 13.3. The van der Waals surface area contributed by atoms with E-state index < -0.39 is 6.04 Å². The second kappa shape index (κ2) is 12.8. The predicted octanol–water partition coefficient (Wildman–Crippen LogP) is 3.63. The summed E-state index contributed by atoms with van der Waals surface area (Å²) in [5, 5.41) is 3.12. The zero-order valence-corrected chi connectivity index (χ0v) is 22.0. The number of benzene rings is 1. The fraction of sp³-hybridized carbons (Fsp3) is 0.690. The van der Waals surface area contributed by atoms with Crippen LogP contribution in [0.2, 0.25) is 0 Å². The number of nitrogens with zero attached hydrogens (tertiary/aromatic N) is 2. The van der Waals surface area contributed by atoms with Crippen molar-refractivity contribution in [1.29, 1.82) is 0 Å². The topological polar surface area (TPSA) is 79.0 Å². The van der Waals surface area contributed by atoms with Crippen molar-refractivity contribution < 1.29 is 19.1 Å². The van der Waals surface area contributed by atoms with Gasteiger partial charge in [0.2, 0.25) is 5.91 Å². The number of carbonyl (C=O) groups is 3. The van der Waals surface area contributed by atoms with Crippen LogP contribution in [0.1, 0.15) is 80.6 Å². The highest BCUT2D eigenvalue weighted by Gasteiger charge is 2.32. The molecule has 0 radical (unpaired) electrons. The molecule has 1 aromatic rings. The molecule has 2 heterocycles. The quantitative estimate of drug-likeness (QED) is 0.593. The van der Waals surface area contributed by atoms with Crippen molar-refractivity contribution in [2.45, 2.75) is 70.8 Å². The van der Waals surface area contributed by atoms with E-state index in [1.165, 1.54) is 6.42 Å². The predicted molar refractivity (Wildman–Crippen MR) is 140 cm³/mol. The first kappa shape index (κ1) is 26.8. The molecule has 1 N–H and O–H groups in total. The van der Waals surface area contributed by atoms with E-state index in [1.807, 2.05) is 36.9 Å². The second-order valence-corrected chi connectivity index (χ2v) is 11.1.